The van der Waals surface area contributed by atoms with Gasteiger partial charge >= 0.3 is 6.03 Å². The number of nitrogens with zero attached hydrogens (tertiary/aromatic N) is 3. The average Bonchev–Trinajstić information content (AvgIpc) is 2.69. The number of benzene rings is 1. The van der Waals surface area contributed by atoms with E-state index < -0.39 is 0 Å². The van der Waals surface area contributed by atoms with Crippen LogP contribution in [0.1, 0.15) is 0 Å². The molecule has 1 aromatic heterocycles. The zero-order valence-corrected chi connectivity index (χ0v) is 15.5. The summed E-state index contributed by atoms with van der Waals surface area (Å²) >= 11 is 6.16. The van der Waals surface area contributed by atoms with Crippen molar-refractivity contribution in [3.05, 3.63) is 41.7 Å². The second kappa shape index (κ2) is 8.14. The minimum Gasteiger partial charge on any atom is -0.495 e. The predicted molar refractivity (Wildman–Crippen MR) is 102 cm³/mol. The summed E-state index contributed by atoms with van der Waals surface area (Å²) < 4.78 is 10.5. The number of anilines is 2. The SMILES string of the molecule is COc1cc(OC)c(NC(=O)N2CCN(c3ccncc3)CC2)cc1Cl. The van der Waals surface area contributed by atoms with Crippen molar-refractivity contribution < 1.29 is 14.3 Å². The number of ether oxygens (including phenoxy) is 2. The quantitative estimate of drug-likeness (QED) is 0.888. The molecule has 0 atom stereocenters. The third kappa shape index (κ3) is 3.94. The van der Waals surface area contributed by atoms with Gasteiger partial charge < -0.3 is 24.6 Å². The van der Waals surface area contributed by atoms with Gasteiger partial charge in [-0.15, -0.1) is 0 Å². The molecule has 1 aromatic carbocycles. The predicted octanol–water partition coefficient (Wildman–Crippen LogP) is 3.11. The standard InChI is InChI=1S/C18H21ClN4O3/c1-25-16-12-17(26-2)15(11-14(16)19)21-18(24)23-9-7-22(8-10-23)13-3-5-20-6-4-13/h3-6,11-12H,7-10H2,1-2H3,(H,21,24). The number of urea groups is 1. The molecule has 0 unspecified atom stereocenters. The van der Waals surface area contributed by atoms with Gasteiger partial charge in [-0.2, -0.15) is 0 Å². The fourth-order valence-electron chi connectivity index (χ4n) is 2.87. The molecular weight excluding hydrogens is 356 g/mol. The van der Waals surface area contributed by atoms with Crippen molar-refractivity contribution in [2.45, 2.75) is 0 Å². The lowest BCUT2D eigenvalue weighted by molar-refractivity contribution is 0.208. The second-order valence-corrected chi connectivity index (χ2v) is 6.20. The van der Waals surface area contributed by atoms with Gasteiger partial charge in [0.1, 0.15) is 11.5 Å². The summed E-state index contributed by atoms with van der Waals surface area (Å²) in [5, 5.41) is 3.28. The molecule has 2 aromatic rings. The molecule has 7 nitrogen and oxygen atoms in total. The fourth-order valence-corrected chi connectivity index (χ4v) is 3.12. The minimum atomic E-state index is -0.182. The average molecular weight is 377 g/mol. The Kier molecular flexibility index (Phi) is 5.68. The third-order valence-corrected chi connectivity index (χ3v) is 4.61. The molecule has 3 rings (SSSR count). The molecule has 1 aliphatic rings. The van der Waals surface area contributed by atoms with Crippen molar-refractivity contribution >= 4 is 29.0 Å². The first kappa shape index (κ1) is 18.1. The molecule has 0 bridgehead atoms. The van der Waals surface area contributed by atoms with Crippen molar-refractivity contribution in [1.29, 1.82) is 0 Å². The lowest BCUT2D eigenvalue weighted by Crippen LogP contribution is -2.50. The topological polar surface area (TPSA) is 66.9 Å². The third-order valence-electron chi connectivity index (χ3n) is 4.31. The number of pyridine rings is 1. The molecule has 26 heavy (non-hydrogen) atoms. The van der Waals surface area contributed by atoms with Crippen molar-refractivity contribution in [3.63, 3.8) is 0 Å². The van der Waals surface area contributed by atoms with Crippen LogP contribution in [0.15, 0.2) is 36.7 Å². The second-order valence-electron chi connectivity index (χ2n) is 5.80. The molecular formula is C18H21ClN4O3. The Bertz CT molecular complexity index is 765. The molecule has 2 amide bonds. The number of nitrogens with one attached hydrogen (secondary N) is 1. The number of aromatic nitrogens is 1. The van der Waals surface area contributed by atoms with Crippen molar-refractivity contribution in [3.8, 4) is 11.5 Å². The van der Waals surface area contributed by atoms with Gasteiger partial charge in [0.2, 0.25) is 0 Å². The van der Waals surface area contributed by atoms with Crippen LogP contribution < -0.4 is 19.7 Å². The van der Waals surface area contributed by atoms with E-state index in [0.717, 1.165) is 18.8 Å². The maximum Gasteiger partial charge on any atom is 0.322 e. The summed E-state index contributed by atoms with van der Waals surface area (Å²) in [6, 6.07) is 7.04. The zero-order valence-electron chi connectivity index (χ0n) is 14.7. The summed E-state index contributed by atoms with van der Waals surface area (Å²) in [6.07, 6.45) is 3.54. The summed E-state index contributed by atoms with van der Waals surface area (Å²) in [5.74, 6) is 0.988. The van der Waals surface area contributed by atoms with Crippen molar-refractivity contribution in [2.75, 3.05) is 50.6 Å². The van der Waals surface area contributed by atoms with Crippen LogP contribution >= 0.6 is 11.6 Å². The lowest BCUT2D eigenvalue weighted by Gasteiger charge is -2.36. The maximum absolute atomic E-state index is 12.6. The number of rotatable bonds is 4. The number of piperazine rings is 1. The Morgan fingerprint density at radius 3 is 2.35 bits per heavy atom. The highest BCUT2D eigenvalue weighted by Gasteiger charge is 2.22. The number of carbonyl (C=O) groups excluding carboxylic acids is 1. The molecule has 0 aliphatic carbocycles. The van der Waals surface area contributed by atoms with E-state index in [0.29, 0.717) is 35.3 Å². The van der Waals surface area contributed by atoms with E-state index >= 15 is 0 Å². The first-order valence-corrected chi connectivity index (χ1v) is 8.62. The summed E-state index contributed by atoms with van der Waals surface area (Å²) in [6.45, 7) is 2.77. The van der Waals surface area contributed by atoms with Crippen LogP contribution in [-0.2, 0) is 0 Å². The Balaban J connectivity index is 1.64. The molecule has 1 saturated heterocycles. The molecule has 1 N–H and O–H groups in total. The van der Waals surface area contributed by atoms with E-state index in [1.165, 1.54) is 14.2 Å². The van der Waals surface area contributed by atoms with E-state index in [-0.39, 0.29) is 6.03 Å². The van der Waals surface area contributed by atoms with Gasteiger partial charge in [0.05, 0.1) is 24.9 Å². The van der Waals surface area contributed by atoms with Gasteiger partial charge in [-0.25, -0.2) is 4.79 Å². The first-order valence-electron chi connectivity index (χ1n) is 8.25. The van der Waals surface area contributed by atoms with Crippen LogP contribution in [0.2, 0.25) is 5.02 Å². The van der Waals surface area contributed by atoms with Crippen molar-refractivity contribution in [1.82, 2.24) is 9.88 Å². The van der Waals surface area contributed by atoms with Gasteiger partial charge in [-0.3, -0.25) is 4.98 Å². The molecule has 0 spiro atoms. The monoisotopic (exact) mass is 376 g/mol. The number of hydrogen-bond donors (Lipinski definition) is 1. The van der Waals surface area contributed by atoms with Crippen LogP contribution in [0.3, 0.4) is 0 Å². The largest absolute Gasteiger partial charge is 0.495 e. The Morgan fingerprint density at radius 1 is 1.08 bits per heavy atom. The Hall–Kier alpha value is -2.67. The minimum absolute atomic E-state index is 0.182. The van der Waals surface area contributed by atoms with Crippen LogP contribution in [0.4, 0.5) is 16.2 Å². The molecule has 1 aliphatic heterocycles. The van der Waals surface area contributed by atoms with Crippen LogP contribution in [0.5, 0.6) is 11.5 Å². The molecule has 0 radical (unpaired) electrons. The number of hydrogen-bond acceptors (Lipinski definition) is 5. The van der Waals surface area contributed by atoms with Crippen LogP contribution in [0, 0.1) is 0 Å². The number of amides is 2. The number of methoxy groups -OCH3 is 2. The Labute approximate surface area is 157 Å². The molecule has 0 saturated carbocycles. The molecule has 8 heteroatoms. The highest BCUT2D eigenvalue weighted by Crippen LogP contribution is 2.36. The summed E-state index contributed by atoms with van der Waals surface area (Å²) in [5.41, 5.74) is 1.63. The zero-order chi connectivity index (χ0) is 18.5. The fraction of sp³-hybridized carbons (Fsp3) is 0.333. The van der Waals surface area contributed by atoms with Gasteiger partial charge in [0, 0.05) is 50.3 Å². The van der Waals surface area contributed by atoms with Gasteiger partial charge in [0.25, 0.3) is 0 Å². The number of carbonyl (C=O) groups is 1. The van der Waals surface area contributed by atoms with E-state index in [9.17, 15) is 4.79 Å². The van der Waals surface area contributed by atoms with Gasteiger partial charge in [0.15, 0.2) is 0 Å². The van der Waals surface area contributed by atoms with Crippen LogP contribution in [0.25, 0.3) is 0 Å². The normalized spacial score (nSPS) is 14.1. The van der Waals surface area contributed by atoms with E-state index in [1.54, 1.807) is 29.4 Å². The Morgan fingerprint density at radius 2 is 1.73 bits per heavy atom. The summed E-state index contributed by atoms with van der Waals surface area (Å²) in [4.78, 5) is 20.6. The molecule has 2 heterocycles. The van der Waals surface area contributed by atoms with E-state index in [2.05, 4.69) is 15.2 Å². The highest BCUT2D eigenvalue weighted by atomic mass is 35.5. The maximum atomic E-state index is 12.6. The smallest absolute Gasteiger partial charge is 0.322 e. The highest BCUT2D eigenvalue weighted by molar-refractivity contribution is 6.32. The van der Waals surface area contributed by atoms with Crippen molar-refractivity contribution in [2.24, 2.45) is 0 Å². The van der Waals surface area contributed by atoms with Gasteiger partial charge in [-0.05, 0) is 18.2 Å². The van der Waals surface area contributed by atoms with Gasteiger partial charge in [-0.1, -0.05) is 11.6 Å². The van der Waals surface area contributed by atoms with E-state index in [4.69, 9.17) is 21.1 Å². The molecule has 138 valence electrons. The first-order chi connectivity index (χ1) is 12.6. The molecule has 1 fully saturated rings. The van der Waals surface area contributed by atoms with Crippen LogP contribution in [-0.4, -0.2) is 56.3 Å². The lowest BCUT2D eigenvalue weighted by atomic mass is 10.2. The summed E-state index contributed by atoms with van der Waals surface area (Å²) in [7, 11) is 3.06. The van der Waals surface area contributed by atoms with E-state index in [1.807, 2.05) is 12.1 Å². The number of halogens is 1.